The zero-order chi connectivity index (χ0) is 20.9. The van der Waals surface area contributed by atoms with Gasteiger partial charge in [0.25, 0.3) is 10.0 Å². The van der Waals surface area contributed by atoms with E-state index in [2.05, 4.69) is 6.08 Å². The normalized spacial score (nSPS) is 22.4. The fourth-order valence-electron chi connectivity index (χ4n) is 4.77. The van der Waals surface area contributed by atoms with Crippen molar-refractivity contribution in [1.82, 2.24) is 0 Å². The number of benzene rings is 3. The van der Waals surface area contributed by atoms with Gasteiger partial charge in [0.1, 0.15) is 5.76 Å². The van der Waals surface area contributed by atoms with E-state index in [1.807, 2.05) is 73.7 Å². The first kappa shape index (κ1) is 18.9. The first-order chi connectivity index (χ1) is 14.5. The highest BCUT2D eigenvalue weighted by Crippen LogP contribution is 2.55. The molecule has 0 unspecified atom stereocenters. The molecule has 4 nitrogen and oxygen atoms in total. The van der Waals surface area contributed by atoms with Crippen LogP contribution in [0, 0.1) is 6.92 Å². The van der Waals surface area contributed by atoms with Crippen molar-refractivity contribution in [3.8, 4) is 0 Å². The number of sulfonamides is 1. The van der Waals surface area contributed by atoms with Crippen LogP contribution in [-0.4, -0.2) is 21.6 Å². The van der Waals surface area contributed by atoms with Crippen LogP contribution in [0.4, 0.5) is 5.69 Å². The van der Waals surface area contributed by atoms with E-state index in [0.29, 0.717) is 4.90 Å². The van der Waals surface area contributed by atoms with E-state index in [0.717, 1.165) is 28.1 Å². The molecule has 0 aromatic heterocycles. The molecule has 3 atom stereocenters. The summed E-state index contributed by atoms with van der Waals surface area (Å²) in [4.78, 5) is 0.307. The number of anilines is 1. The Morgan fingerprint density at radius 3 is 2.23 bits per heavy atom. The lowest BCUT2D eigenvalue weighted by Crippen LogP contribution is -2.41. The molecule has 30 heavy (non-hydrogen) atoms. The number of hydrogen-bond acceptors (Lipinski definition) is 3. The Bertz CT molecular complexity index is 1220. The number of aryl methyl sites for hydroxylation is 1. The number of nitrogens with zero attached hydrogens (tertiary/aromatic N) is 1. The van der Waals surface area contributed by atoms with E-state index in [1.165, 1.54) is 0 Å². The molecule has 2 aliphatic rings. The molecule has 5 rings (SSSR count). The van der Waals surface area contributed by atoms with Gasteiger partial charge in [0.15, 0.2) is 0 Å². The third kappa shape index (κ3) is 2.76. The molecule has 5 heteroatoms. The zero-order valence-corrected chi connectivity index (χ0v) is 17.7. The van der Waals surface area contributed by atoms with E-state index >= 15 is 0 Å². The Hall–Kier alpha value is -3.05. The Balaban J connectivity index is 1.71. The van der Waals surface area contributed by atoms with Gasteiger partial charge in [0, 0.05) is 5.92 Å². The highest BCUT2D eigenvalue weighted by molar-refractivity contribution is 7.92. The van der Waals surface area contributed by atoms with Crippen molar-refractivity contribution < 1.29 is 13.2 Å². The summed E-state index contributed by atoms with van der Waals surface area (Å²) in [6.45, 7) is 1.95. The van der Waals surface area contributed by atoms with Crippen LogP contribution in [0.2, 0.25) is 0 Å². The molecule has 0 saturated carbocycles. The van der Waals surface area contributed by atoms with Crippen molar-refractivity contribution in [2.75, 3.05) is 11.4 Å². The van der Waals surface area contributed by atoms with Crippen molar-refractivity contribution in [3.05, 3.63) is 107 Å². The summed E-state index contributed by atoms with van der Waals surface area (Å²) >= 11 is 0. The summed E-state index contributed by atoms with van der Waals surface area (Å²) < 4.78 is 35.1. The largest absolute Gasteiger partial charge is 0.501 e. The number of fused-ring (bicyclic) bond motifs is 3. The van der Waals surface area contributed by atoms with Crippen LogP contribution in [0.3, 0.4) is 0 Å². The SMILES string of the molecule is COC1=C[C@@H]2c3ccccc3N(S(=O)(=O)c3ccc(C)cc3)[C@@H]2[C@H]1c1ccccc1. The summed E-state index contributed by atoms with van der Waals surface area (Å²) in [5.74, 6) is 0.588. The monoisotopic (exact) mass is 417 g/mol. The van der Waals surface area contributed by atoms with Gasteiger partial charge in [-0.3, -0.25) is 4.31 Å². The third-order valence-electron chi connectivity index (χ3n) is 6.14. The summed E-state index contributed by atoms with van der Waals surface area (Å²) in [6.07, 6.45) is 2.09. The molecule has 0 spiro atoms. The highest BCUT2D eigenvalue weighted by atomic mass is 32.2. The average Bonchev–Trinajstić information content (AvgIpc) is 3.29. The van der Waals surface area contributed by atoms with Crippen LogP contribution < -0.4 is 4.31 Å². The lowest BCUT2D eigenvalue weighted by atomic mass is 9.89. The van der Waals surface area contributed by atoms with Crippen LogP contribution in [0.25, 0.3) is 0 Å². The summed E-state index contributed by atoms with van der Waals surface area (Å²) in [6, 6.07) is 24.6. The van der Waals surface area contributed by atoms with Gasteiger partial charge in [-0.25, -0.2) is 8.42 Å². The van der Waals surface area contributed by atoms with Crippen LogP contribution in [0.15, 0.2) is 95.6 Å². The maximum absolute atomic E-state index is 13.9. The second-order valence-corrected chi connectivity index (χ2v) is 9.67. The van der Waals surface area contributed by atoms with Gasteiger partial charge in [0.2, 0.25) is 0 Å². The van der Waals surface area contributed by atoms with Crippen molar-refractivity contribution in [1.29, 1.82) is 0 Å². The van der Waals surface area contributed by atoms with Gasteiger partial charge in [-0.05, 0) is 42.3 Å². The molecule has 3 aromatic carbocycles. The number of rotatable bonds is 4. The first-order valence-corrected chi connectivity index (χ1v) is 11.5. The molecule has 1 aliphatic carbocycles. The highest BCUT2D eigenvalue weighted by Gasteiger charge is 2.52. The van der Waals surface area contributed by atoms with Crippen molar-refractivity contribution in [2.24, 2.45) is 0 Å². The number of hydrogen-bond donors (Lipinski definition) is 0. The Labute approximate surface area is 177 Å². The smallest absolute Gasteiger partial charge is 0.264 e. The Morgan fingerprint density at radius 2 is 1.53 bits per heavy atom. The maximum Gasteiger partial charge on any atom is 0.264 e. The van der Waals surface area contributed by atoms with Gasteiger partial charge in [-0.1, -0.05) is 66.2 Å². The Kier molecular flexibility index (Phi) is 4.44. The van der Waals surface area contributed by atoms with Crippen molar-refractivity contribution in [2.45, 2.75) is 29.7 Å². The molecule has 0 bridgehead atoms. The standard InChI is InChI=1S/C25H23NO3S/c1-17-12-14-19(15-13-17)30(27,28)26-22-11-7-6-10-20(22)21-16-23(29-2)24(25(21)26)18-8-4-3-5-9-18/h3-16,21,24-25H,1-2H3/t21-,24+,25+/m1/s1. The molecule has 1 aliphatic heterocycles. The van der Waals surface area contributed by atoms with E-state index in [9.17, 15) is 8.42 Å². The Morgan fingerprint density at radius 1 is 0.867 bits per heavy atom. The molecular weight excluding hydrogens is 394 g/mol. The lowest BCUT2D eigenvalue weighted by molar-refractivity contribution is 0.266. The third-order valence-corrected chi connectivity index (χ3v) is 7.96. The van der Waals surface area contributed by atoms with Crippen molar-refractivity contribution >= 4 is 15.7 Å². The van der Waals surface area contributed by atoms with Gasteiger partial charge < -0.3 is 4.74 Å². The molecule has 0 saturated heterocycles. The van der Waals surface area contributed by atoms with Gasteiger partial charge >= 0.3 is 0 Å². The lowest BCUT2D eigenvalue weighted by Gasteiger charge is -2.32. The minimum Gasteiger partial charge on any atom is -0.501 e. The summed E-state index contributed by atoms with van der Waals surface area (Å²) in [7, 11) is -2.09. The van der Waals surface area contributed by atoms with Crippen LogP contribution >= 0.6 is 0 Å². The fourth-order valence-corrected chi connectivity index (χ4v) is 6.48. The van der Waals surface area contributed by atoms with Gasteiger partial charge in [-0.2, -0.15) is 0 Å². The molecule has 0 amide bonds. The van der Waals surface area contributed by atoms with Gasteiger partial charge in [-0.15, -0.1) is 0 Å². The predicted molar refractivity (Wildman–Crippen MR) is 118 cm³/mol. The fraction of sp³-hybridized carbons (Fsp3) is 0.200. The zero-order valence-electron chi connectivity index (χ0n) is 16.9. The minimum absolute atomic E-state index is 0.0541. The van der Waals surface area contributed by atoms with Crippen molar-refractivity contribution in [3.63, 3.8) is 0 Å². The molecule has 0 N–H and O–H groups in total. The number of methoxy groups -OCH3 is 1. The predicted octanol–water partition coefficient (Wildman–Crippen LogP) is 4.98. The van der Waals surface area contributed by atoms with E-state index in [4.69, 9.17) is 4.74 Å². The molecular formula is C25H23NO3S. The molecule has 1 heterocycles. The summed E-state index contributed by atoms with van der Waals surface area (Å²) in [5, 5.41) is 0. The molecule has 152 valence electrons. The topological polar surface area (TPSA) is 46.6 Å². The average molecular weight is 418 g/mol. The first-order valence-electron chi connectivity index (χ1n) is 10.0. The number of ether oxygens (including phenoxy) is 1. The minimum atomic E-state index is -3.75. The summed E-state index contributed by atoms with van der Waals surface area (Å²) in [5.41, 5.74) is 3.85. The molecule has 0 fully saturated rings. The van der Waals surface area contributed by atoms with Gasteiger partial charge in [0.05, 0.1) is 29.7 Å². The molecule has 0 radical (unpaired) electrons. The molecule has 3 aromatic rings. The maximum atomic E-state index is 13.9. The van der Waals surface area contributed by atoms with E-state index < -0.39 is 10.0 Å². The quantitative estimate of drug-likeness (QED) is 0.601. The van der Waals surface area contributed by atoms with Crippen LogP contribution in [-0.2, 0) is 14.8 Å². The van der Waals surface area contributed by atoms with E-state index in [1.54, 1.807) is 23.5 Å². The van der Waals surface area contributed by atoms with Crippen LogP contribution in [0.1, 0.15) is 28.5 Å². The van der Waals surface area contributed by atoms with Crippen LogP contribution in [0.5, 0.6) is 0 Å². The van der Waals surface area contributed by atoms with E-state index in [-0.39, 0.29) is 17.9 Å². The second kappa shape index (κ2) is 7.03. The number of para-hydroxylation sites is 1. The second-order valence-electron chi connectivity index (χ2n) is 7.85.